The summed E-state index contributed by atoms with van der Waals surface area (Å²) in [6.07, 6.45) is 10.6. The largest absolute Gasteiger partial charge is 0.482 e. The van der Waals surface area contributed by atoms with E-state index >= 15 is 0 Å². The van der Waals surface area contributed by atoms with Gasteiger partial charge in [0.25, 0.3) is 0 Å². The van der Waals surface area contributed by atoms with Gasteiger partial charge in [-0.15, -0.1) is 0 Å². The number of carbonyl (C=O) groups is 1. The molecule has 0 aromatic heterocycles. The lowest BCUT2D eigenvalue weighted by Gasteiger charge is -2.55. The van der Waals surface area contributed by atoms with Crippen molar-refractivity contribution in [3.8, 4) is 11.5 Å². The highest BCUT2D eigenvalue weighted by Gasteiger charge is 3.07. The van der Waals surface area contributed by atoms with Crippen molar-refractivity contribution in [1.29, 1.82) is 0 Å². The normalized spacial score (nSPS) is 42.7. The van der Waals surface area contributed by atoms with E-state index in [2.05, 4.69) is 11.0 Å². The lowest BCUT2D eigenvalue weighted by atomic mass is 9.55. The molecule has 2 heterocycles. The van der Waals surface area contributed by atoms with Gasteiger partial charge in [-0.25, -0.2) is 4.79 Å². The molecule has 3 unspecified atom stereocenters. The first-order chi connectivity index (χ1) is 18.1. The van der Waals surface area contributed by atoms with Crippen molar-refractivity contribution in [2.75, 3.05) is 20.2 Å². The molecule has 6 aliphatic carbocycles. The molecule has 9 rings (SSSR count). The first-order valence-corrected chi connectivity index (χ1v) is 14.5. The highest BCUT2D eigenvalue weighted by molar-refractivity contribution is 5.85. The summed E-state index contributed by atoms with van der Waals surface area (Å²) in [5, 5.41) is 11.8. The molecule has 1 aromatic carbocycles. The third kappa shape index (κ3) is 2.31. The summed E-state index contributed by atoms with van der Waals surface area (Å²) in [5.74, 6) is 1.66. The van der Waals surface area contributed by atoms with Crippen molar-refractivity contribution >= 4 is 5.97 Å². The Kier molecular flexibility index (Phi) is 4.33. The number of hydrogen-bond donors (Lipinski definition) is 1. The molecule has 1 N–H and O–H groups in total. The van der Waals surface area contributed by atoms with Crippen LogP contribution in [-0.2, 0) is 21.4 Å². The quantitative estimate of drug-likeness (QED) is 0.251. The zero-order valence-corrected chi connectivity index (χ0v) is 23.2. The van der Waals surface area contributed by atoms with Crippen LogP contribution in [0, 0.1) is 22.7 Å². The first kappa shape index (κ1) is 23.7. The molecule has 6 fully saturated rings. The van der Waals surface area contributed by atoms with Crippen LogP contribution in [-0.4, -0.2) is 59.5 Å². The number of allylic oxidation sites excluding steroid dienone is 3. The third-order valence-corrected chi connectivity index (χ3v) is 11.7. The molecule has 3 spiro atoms. The Bertz CT molecular complexity index is 1330. The van der Waals surface area contributed by atoms with Crippen LogP contribution in [0.5, 0.6) is 11.5 Å². The summed E-state index contributed by atoms with van der Waals surface area (Å²) in [6, 6.07) is 4.57. The minimum absolute atomic E-state index is 0.0183. The minimum atomic E-state index is -0.899. The average Bonchev–Trinajstić information content (AvgIpc) is 3.64. The molecule has 5 saturated carbocycles. The lowest BCUT2D eigenvalue weighted by Crippen LogP contribution is -2.65. The Morgan fingerprint density at radius 1 is 1.24 bits per heavy atom. The van der Waals surface area contributed by atoms with Crippen LogP contribution in [0.4, 0.5) is 0 Å². The molecule has 2 aliphatic heterocycles. The molecule has 6 heteroatoms. The van der Waals surface area contributed by atoms with Crippen LogP contribution >= 0.6 is 0 Å². The number of fused-ring (bicyclic) bond motifs is 1. The highest BCUT2D eigenvalue weighted by atomic mass is 16.6. The fourth-order valence-corrected chi connectivity index (χ4v) is 11.2. The van der Waals surface area contributed by atoms with Crippen molar-refractivity contribution in [3.05, 3.63) is 47.1 Å². The van der Waals surface area contributed by atoms with Gasteiger partial charge in [0.15, 0.2) is 11.5 Å². The van der Waals surface area contributed by atoms with Crippen LogP contribution in [0.2, 0.25) is 0 Å². The van der Waals surface area contributed by atoms with Crippen LogP contribution < -0.4 is 9.47 Å². The fourth-order valence-electron chi connectivity index (χ4n) is 11.2. The number of likely N-dealkylation sites (tertiary alicyclic amines) is 1. The Morgan fingerprint density at radius 2 is 2.03 bits per heavy atom. The molecule has 4 bridgehead atoms. The van der Waals surface area contributed by atoms with Gasteiger partial charge in [-0.2, -0.15) is 0 Å². The van der Waals surface area contributed by atoms with Gasteiger partial charge in [-0.3, -0.25) is 4.90 Å². The summed E-state index contributed by atoms with van der Waals surface area (Å²) >= 11 is 0. The molecule has 38 heavy (non-hydrogen) atoms. The second-order valence-corrected chi connectivity index (χ2v) is 14.0. The maximum absolute atomic E-state index is 12.8. The monoisotopic (exact) mass is 517 g/mol. The fraction of sp³-hybridized carbons (Fsp3) is 0.656. The number of nitrogens with zero attached hydrogens (tertiary/aromatic N) is 1. The number of benzene rings is 1. The number of piperidine rings is 1. The van der Waals surface area contributed by atoms with Crippen molar-refractivity contribution < 1.29 is 24.1 Å². The second-order valence-electron chi connectivity index (χ2n) is 14.0. The van der Waals surface area contributed by atoms with Gasteiger partial charge in [0.2, 0.25) is 0 Å². The summed E-state index contributed by atoms with van der Waals surface area (Å²) in [5.41, 5.74) is 2.03. The predicted molar refractivity (Wildman–Crippen MR) is 142 cm³/mol. The van der Waals surface area contributed by atoms with Gasteiger partial charge in [0.1, 0.15) is 11.7 Å². The zero-order valence-electron chi connectivity index (χ0n) is 23.2. The van der Waals surface area contributed by atoms with Crippen molar-refractivity contribution in [2.45, 2.75) is 88.6 Å². The summed E-state index contributed by atoms with van der Waals surface area (Å²) < 4.78 is 19.4. The van der Waals surface area contributed by atoms with E-state index in [0.29, 0.717) is 11.8 Å². The maximum atomic E-state index is 12.8. The van der Waals surface area contributed by atoms with Gasteiger partial charge in [0, 0.05) is 54.6 Å². The Balaban J connectivity index is 1.29. The van der Waals surface area contributed by atoms with Gasteiger partial charge in [0.05, 0.1) is 11.0 Å². The predicted octanol–water partition coefficient (Wildman–Crippen LogP) is 4.33. The molecular formula is C32H39NO5. The van der Waals surface area contributed by atoms with E-state index < -0.39 is 17.2 Å². The van der Waals surface area contributed by atoms with Crippen molar-refractivity contribution in [3.63, 3.8) is 0 Å². The number of rotatable bonds is 7. The van der Waals surface area contributed by atoms with Gasteiger partial charge in [-0.1, -0.05) is 23.8 Å². The number of methoxy groups -OCH3 is 1. The summed E-state index contributed by atoms with van der Waals surface area (Å²) in [4.78, 5) is 15.5. The lowest BCUT2D eigenvalue weighted by molar-refractivity contribution is -0.205. The SMILES string of the molecule is CO[C@@]12CCC34[C@H]5Cc6ccc(OC(=O)/C=C/C=C(C)C)c7c6C3([C@H]1O7)C4(CN5CC1CC1)[C@@H]2C(C)(C)O. The van der Waals surface area contributed by atoms with Gasteiger partial charge >= 0.3 is 5.97 Å². The minimum Gasteiger partial charge on any atom is -0.482 e. The molecule has 6 nitrogen and oxygen atoms in total. The molecule has 0 radical (unpaired) electrons. The number of esters is 1. The molecule has 1 aromatic rings. The van der Waals surface area contributed by atoms with Crippen LogP contribution in [0.3, 0.4) is 0 Å². The number of ether oxygens (including phenoxy) is 3. The molecular weight excluding hydrogens is 478 g/mol. The van der Waals surface area contributed by atoms with E-state index in [4.69, 9.17) is 14.2 Å². The summed E-state index contributed by atoms with van der Waals surface area (Å²) in [6.45, 7) is 10.1. The van der Waals surface area contributed by atoms with Crippen molar-refractivity contribution in [1.82, 2.24) is 4.90 Å². The molecule has 7 atom stereocenters. The average molecular weight is 518 g/mol. The first-order valence-electron chi connectivity index (χ1n) is 14.5. The second kappa shape index (κ2) is 6.94. The smallest absolute Gasteiger partial charge is 0.336 e. The number of carbonyl (C=O) groups excluding carboxylic acids is 1. The Morgan fingerprint density at radius 3 is 2.71 bits per heavy atom. The van der Waals surface area contributed by atoms with Crippen LogP contribution in [0.1, 0.15) is 64.5 Å². The molecule has 1 saturated heterocycles. The van der Waals surface area contributed by atoms with E-state index in [1.54, 1.807) is 6.08 Å². The number of hydrogen-bond acceptors (Lipinski definition) is 6. The Hall–Kier alpha value is -2.15. The summed E-state index contributed by atoms with van der Waals surface area (Å²) in [7, 11) is 1.81. The standard InChI is InChI=1S/C32H39NO5/c1-18(2)7-6-8-23(34)37-21-12-11-20-15-22-30-14-13-29(36-5)26(28(3,4)35)31(30,17-33(22)16-19-9-10-19)32(30)24(20)25(21)38-27(29)32/h6-8,11-12,19,22,26-27,35H,9-10,13-17H2,1-5H3/b8-6+/t22-,26-,27+,29-,30?,31?,32?/m1/s1. The van der Waals surface area contributed by atoms with Crippen LogP contribution in [0.25, 0.3) is 0 Å². The van der Waals surface area contributed by atoms with Crippen LogP contribution in [0.15, 0.2) is 35.9 Å². The van der Waals surface area contributed by atoms with E-state index in [1.165, 1.54) is 36.6 Å². The molecule has 202 valence electrons. The van der Waals surface area contributed by atoms with Crippen molar-refractivity contribution in [2.24, 2.45) is 22.7 Å². The van der Waals surface area contributed by atoms with Gasteiger partial charge in [-0.05, 0) is 77.3 Å². The van der Waals surface area contributed by atoms with E-state index in [1.807, 2.05) is 46.9 Å². The van der Waals surface area contributed by atoms with E-state index in [-0.39, 0.29) is 28.3 Å². The topological polar surface area (TPSA) is 68.2 Å². The number of aliphatic hydroxyl groups is 1. The van der Waals surface area contributed by atoms with E-state index in [0.717, 1.165) is 43.0 Å². The maximum Gasteiger partial charge on any atom is 0.336 e. The third-order valence-electron chi connectivity index (χ3n) is 11.7. The highest BCUT2D eigenvalue weighted by Crippen LogP contribution is 3.00. The van der Waals surface area contributed by atoms with Gasteiger partial charge < -0.3 is 19.3 Å². The Labute approximate surface area is 225 Å². The molecule has 0 amide bonds. The molecule has 8 aliphatic rings. The van der Waals surface area contributed by atoms with E-state index in [9.17, 15) is 9.90 Å². The zero-order chi connectivity index (χ0) is 26.5.